The molecule has 1 heterocycles. The highest BCUT2D eigenvalue weighted by Gasteiger charge is 2.27. The van der Waals surface area contributed by atoms with Crippen LogP contribution in [0.15, 0.2) is 18.2 Å². The van der Waals surface area contributed by atoms with Gasteiger partial charge in [-0.2, -0.15) is 0 Å². The summed E-state index contributed by atoms with van der Waals surface area (Å²) in [6.45, 7) is 8.24. The molecule has 1 fully saturated rings. The minimum Gasteiger partial charge on any atom is -0.493 e. The van der Waals surface area contributed by atoms with Crippen LogP contribution in [-0.4, -0.2) is 38.8 Å². The number of benzene rings is 1. The van der Waals surface area contributed by atoms with Crippen molar-refractivity contribution in [3.05, 3.63) is 28.8 Å². The molecule has 0 radical (unpaired) electrons. The Morgan fingerprint density at radius 1 is 1.35 bits per heavy atom. The van der Waals surface area contributed by atoms with Crippen LogP contribution in [0.4, 0.5) is 0 Å². The van der Waals surface area contributed by atoms with Crippen molar-refractivity contribution < 1.29 is 19.2 Å². The lowest BCUT2D eigenvalue weighted by atomic mass is 9.97. The zero-order chi connectivity index (χ0) is 16.7. The molecule has 0 spiro atoms. The van der Waals surface area contributed by atoms with Crippen molar-refractivity contribution in [1.82, 2.24) is 0 Å². The molecule has 1 aliphatic rings. The fourth-order valence-corrected chi connectivity index (χ4v) is 3.28. The van der Waals surface area contributed by atoms with E-state index >= 15 is 0 Å². The summed E-state index contributed by atoms with van der Waals surface area (Å²) in [4.78, 5) is 13.3. The Labute approximate surface area is 143 Å². The van der Waals surface area contributed by atoms with E-state index in [2.05, 4.69) is 0 Å². The number of aryl methyl sites for hydroxylation is 1. The molecule has 128 valence electrons. The molecular formula is C18H27ClNO3+. The number of piperidine rings is 1. The lowest BCUT2D eigenvalue weighted by Crippen LogP contribution is -3.13. The highest BCUT2D eigenvalue weighted by Crippen LogP contribution is 2.21. The molecule has 2 rings (SSSR count). The van der Waals surface area contributed by atoms with Crippen molar-refractivity contribution in [3.8, 4) is 5.75 Å². The summed E-state index contributed by atoms with van der Waals surface area (Å²) in [6.07, 6.45) is 2.89. The van der Waals surface area contributed by atoms with Gasteiger partial charge >= 0.3 is 5.97 Å². The Kier molecular flexibility index (Phi) is 7.18. The third-order valence-electron chi connectivity index (χ3n) is 4.38. The van der Waals surface area contributed by atoms with E-state index in [1.807, 2.05) is 32.0 Å². The fourth-order valence-electron chi connectivity index (χ4n) is 3.05. The number of carbonyl (C=O) groups excluding carboxylic acids is 1. The number of ether oxygens (including phenoxy) is 2. The molecule has 1 aliphatic heterocycles. The largest absolute Gasteiger partial charge is 0.493 e. The van der Waals surface area contributed by atoms with Crippen LogP contribution >= 0.6 is 11.6 Å². The van der Waals surface area contributed by atoms with Crippen LogP contribution in [0.25, 0.3) is 0 Å². The zero-order valence-corrected chi connectivity index (χ0v) is 14.8. The van der Waals surface area contributed by atoms with Gasteiger partial charge in [-0.15, -0.1) is 0 Å². The van der Waals surface area contributed by atoms with E-state index in [1.165, 1.54) is 0 Å². The van der Waals surface area contributed by atoms with Crippen molar-refractivity contribution >= 4 is 17.6 Å². The minimum absolute atomic E-state index is 0.0203. The molecule has 23 heavy (non-hydrogen) atoms. The molecule has 5 heteroatoms. The summed E-state index contributed by atoms with van der Waals surface area (Å²) in [5.41, 5.74) is 1.07. The van der Waals surface area contributed by atoms with Gasteiger partial charge in [-0.05, 0) is 37.6 Å². The maximum atomic E-state index is 11.7. The first-order valence-electron chi connectivity index (χ1n) is 8.49. The van der Waals surface area contributed by atoms with E-state index in [9.17, 15) is 4.79 Å². The minimum atomic E-state index is -0.0203. The van der Waals surface area contributed by atoms with Crippen LogP contribution in [0, 0.1) is 12.8 Å². The average molecular weight is 341 g/mol. The number of quaternary nitrogens is 1. The lowest BCUT2D eigenvalue weighted by molar-refractivity contribution is -0.906. The van der Waals surface area contributed by atoms with Gasteiger partial charge in [0.2, 0.25) is 0 Å². The topological polar surface area (TPSA) is 40.0 Å². The number of carbonyl (C=O) groups is 1. The number of halogens is 1. The van der Waals surface area contributed by atoms with Gasteiger partial charge in [0.1, 0.15) is 5.75 Å². The van der Waals surface area contributed by atoms with Crippen LogP contribution in [0.1, 0.15) is 31.7 Å². The molecule has 0 amide bonds. The first kappa shape index (κ1) is 18.1. The molecule has 1 aromatic carbocycles. The second-order valence-corrected chi connectivity index (χ2v) is 6.57. The molecule has 0 bridgehead atoms. The highest BCUT2D eigenvalue weighted by molar-refractivity contribution is 6.30. The van der Waals surface area contributed by atoms with Gasteiger partial charge in [0.15, 0.2) is 0 Å². The maximum Gasteiger partial charge on any atom is 0.309 e. The van der Waals surface area contributed by atoms with Gasteiger partial charge in [-0.1, -0.05) is 11.6 Å². The van der Waals surface area contributed by atoms with Crippen LogP contribution in [-0.2, 0) is 9.53 Å². The van der Waals surface area contributed by atoms with Crippen molar-refractivity contribution in [3.63, 3.8) is 0 Å². The quantitative estimate of drug-likeness (QED) is 0.611. The summed E-state index contributed by atoms with van der Waals surface area (Å²) >= 11 is 5.94. The standard InChI is InChI=1S/C18H26ClNO3/c1-3-22-18(21)15-7-10-20(11-8-15)9-4-12-23-17-6-5-16(19)13-14(17)2/h5-6,13,15H,3-4,7-12H2,1-2H3/p+1. The lowest BCUT2D eigenvalue weighted by Gasteiger charge is -2.28. The molecular weight excluding hydrogens is 314 g/mol. The van der Waals surface area contributed by atoms with Gasteiger partial charge in [0.25, 0.3) is 0 Å². The Balaban J connectivity index is 1.63. The summed E-state index contributed by atoms with van der Waals surface area (Å²) in [5.74, 6) is 0.991. The van der Waals surface area contributed by atoms with Crippen LogP contribution in [0.5, 0.6) is 5.75 Å². The Hall–Kier alpha value is -1.26. The number of nitrogens with one attached hydrogen (secondary N) is 1. The predicted molar refractivity (Wildman–Crippen MR) is 91.2 cm³/mol. The van der Waals surface area contributed by atoms with Crippen LogP contribution in [0.2, 0.25) is 5.02 Å². The third-order valence-corrected chi connectivity index (χ3v) is 4.62. The molecule has 0 saturated carbocycles. The van der Waals surface area contributed by atoms with Gasteiger partial charge in [-0.3, -0.25) is 4.79 Å². The third kappa shape index (κ3) is 5.70. The smallest absolute Gasteiger partial charge is 0.309 e. The number of hydrogen-bond donors (Lipinski definition) is 1. The van der Waals surface area contributed by atoms with E-state index in [-0.39, 0.29) is 11.9 Å². The number of esters is 1. The summed E-state index contributed by atoms with van der Waals surface area (Å²) in [6, 6.07) is 5.70. The van der Waals surface area contributed by atoms with Gasteiger partial charge < -0.3 is 14.4 Å². The summed E-state index contributed by atoms with van der Waals surface area (Å²) in [5, 5.41) is 0.740. The molecule has 0 unspecified atom stereocenters. The molecule has 0 atom stereocenters. The highest BCUT2D eigenvalue weighted by atomic mass is 35.5. The van der Waals surface area contributed by atoms with E-state index in [1.54, 1.807) is 4.90 Å². The van der Waals surface area contributed by atoms with Crippen LogP contribution in [0.3, 0.4) is 0 Å². The second kappa shape index (κ2) is 9.14. The Morgan fingerprint density at radius 3 is 2.74 bits per heavy atom. The summed E-state index contributed by atoms with van der Waals surface area (Å²) in [7, 11) is 0. The number of rotatable bonds is 7. The van der Waals surface area contributed by atoms with Crippen LogP contribution < -0.4 is 9.64 Å². The van der Waals surface area contributed by atoms with Gasteiger partial charge in [0, 0.05) is 24.3 Å². The van der Waals surface area contributed by atoms with E-state index in [0.29, 0.717) is 13.2 Å². The average Bonchev–Trinajstić information content (AvgIpc) is 2.54. The van der Waals surface area contributed by atoms with Crippen molar-refractivity contribution in [2.75, 3.05) is 32.8 Å². The predicted octanol–water partition coefficient (Wildman–Crippen LogP) is 2.28. The molecule has 0 aromatic heterocycles. The van der Waals surface area contributed by atoms with Gasteiger partial charge in [-0.25, -0.2) is 0 Å². The second-order valence-electron chi connectivity index (χ2n) is 6.14. The molecule has 1 saturated heterocycles. The number of likely N-dealkylation sites (tertiary alicyclic amines) is 1. The first-order chi connectivity index (χ1) is 11.1. The zero-order valence-electron chi connectivity index (χ0n) is 14.1. The van der Waals surface area contributed by atoms with Crippen molar-refractivity contribution in [1.29, 1.82) is 0 Å². The fraction of sp³-hybridized carbons (Fsp3) is 0.611. The van der Waals surface area contributed by atoms with E-state index in [0.717, 1.165) is 55.2 Å². The first-order valence-corrected chi connectivity index (χ1v) is 8.87. The Bertz CT molecular complexity index is 513. The molecule has 1 N–H and O–H groups in total. The maximum absolute atomic E-state index is 11.7. The number of hydrogen-bond acceptors (Lipinski definition) is 3. The monoisotopic (exact) mass is 340 g/mol. The SMILES string of the molecule is CCOC(=O)C1CC[NH+](CCCOc2ccc(Cl)cc2C)CC1. The normalized spacial score (nSPS) is 21.0. The Morgan fingerprint density at radius 2 is 2.09 bits per heavy atom. The molecule has 0 aliphatic carbocycles. The van der Waals surface area contributed by atoms with Gasteiger partial charge in [0.05, 0.1) is 38.8 Å². The molecule has 1 aromatic rings. The van der Waals surface area contributed by atoms with Crippen molar-refractivity contribution in [2.45, 2.75) is 33.1 Å². The van der Waals surface area contributed by atoms with E-state index in [4.69, 9.17) is 21.1 Å². The van der Waals surface area contributed by atoms with Crippen molar-refractivity contribution in [2.24, 2.45) is 5.92 Å². The molecule has 4 nitrogen and oxygen atoms in total. The van der Waals surface area contributed by atoms with E-state index < -0.39 is 0 Å². The summed E-state index contributed by atoms with van der Waals surface area (Å²) < 4.78 is 10.9.